The number of fused-ring (bicyclic) bond motifs is 1. The second-order valence-corrected chi connectivity index (χ2v) is 5.51. The molecule has 2 heterocycles. The Morgan fingerprint density at radius 3 is 2.75 bits per heavy atom. The van der Waals surface area contributed by atoms with Crippen LogP contribution in [0.3, 0.4) is 0 Å². The van der Waals surface area contributed by atoms with Crippen LogP contribution in [0.5, 0.6) is 0 Å². The number of aromatic carboxylic acids is 1. The van der Waals surface area contributed by atoms with Crippen LogP contribution in [-0.4, -0.2) is 35.2 Å². The molecule has 1 aromatic heterocycles. The summed E-state index contributed by atoms with van der Waals surface area (Å²) in [6.07, 6.45) is 2.08. The molecular formula is C14H16ClN3O2. The van der Waals surface area contributed by atoms with Crippen LogP contribution in [0, 0.1) is 0 Å². The molecule has 0 saturated carbocycles. The average molecular weight is 294 g/mol. The Morgan fingerprint density at radius 2 is 2.05 bits per heavy atom. The summed E-state index contributed by atoms with van der Waals surface area (Å²) in [6.45, 7) is 1.99. The number of carboxylic acid groups (broad SMARTS) is 1. The highest BCUT2D eigenvalue weighted by atomic mass is 35.5. The van der Waals surface area contributed by atoms with Crippen LogP contribution in [-0.2, 0) is 0 Å². The number of H-pyrrole nitrogens is 1. The maximum absolute atomic E-state index is 11.1. The molecule has 1 fully saturated rings. The molecule has 1 aliphatic heterocycles. The topological polar surface area (TPSA) is 77.2 Å². The number of aromatic amines is 1. The third-order valence-corrected chi connectivity index (χ3v) is 3.84. The van der Waals surface area contributed by atoms with Gasteiger partial charge in [0.1, 0.15) is 5.69 Å². The molecule has 1 saturated heterocycles. The summed E-state index contributed by atoms with van der Waals surface area (Å²) in [4.78, 5) is 14.0. The van der Waals surface area contributed by atoms with Crippen molar-refractivity contribution in [3.8, 4) is 0 Å². The van der Waals surface area contributed by atoms with Gasteiger partial charge in [0.2, 0.25) is 0 Å². The highest BCUT2D eigenvalue weighted by Crippen LogP contribution is 2.29. The normalized spacial score (nSPS) is 16.4. The fourth-order valence-electron chi connectivity index (χ4n) is 2.62. The van der Waals surface area contributed by atoms with Gasteiger partial charge in [-0.25, -0.2) is 4.79 Å². The number of halogens is 1. The number of aromatic nitrogens is 1. The van der Waals surface area contributed by atoms with Gasteiger partial charge in [0.25, 0.3) is 0 Å². The number of carbonyl (C=O) groups is 1. The molecule has 2 aromatic rings. The molecule has 6 heteroatoms. The summed E-state index contributed by atoms with van der Waals surface area (Å²) in [5.74, 6) is -0.967. The minimum atomic E-state index is -0.967. The fraction of sp³-hybridized carbons (Fsp3) is 0.357. The van der Waals surface area contributed by atoms with E-state index in [1.165, 1.54) is 0 Å². The largest absolute Gasteiger partial charge is 0.477 e. The van der Waals surface area contributed by atoms with Crippen molar-refractivity contribution >= 4 is 34.2 Å². The minimum absolute atomic E-state index is 0.177. The fourth-order valence-corrected chi connectivity index (χ4v) is 2.85. The third-order valence-electron chi connectivity index (χ3n) is 3.62. The first-order chi connectivity index (χ1) is 9.63. The van der Waals surface area contributed by atoms with E-state index in [2.05, 4.69) is 15.6 Å². The second kappa shape index (κ2) is 5.34. The van der Waals surface area contributed by atoms with Crippen LogP contribution in [0.2, 0.25) is 5.02 Å². The SMILES string of the molecule is O=C(O)c1cc2cc(Cl)cc(NC3CCNCC3)c2[nH]1. The zero-order valence-electron chi connectivity index (χ0n) is 10.9. The van der Waals surface area contributed by atoms with Gasteiger partial charge in [-0.1, -0.05) is 11.6 Å². The Bertz CT molecular complexity index is 647. The second-order valence-electron chi connectivity index (χ2n) is 5.07. The highest BCUT2D eigenvalue weighted by Gasteiger charge is 2.16. The van der Waals surface area contributed by atoms with Crippen LogP contribution in [0.25, 0.3) is 10.9 Å². The predicted octanol–water partition coefficient (Wildman–Crippen LogP) is 2.68. The average Bonchev–Trinajstić information content (AvgIpc) is 2.84. The Labute approximate surface area is 121 Å². The number of rotatable bonds is 3. The van der Waals surface area contributed by atoms with Gasteiger partial charge in [-0.05, 0) is 44.1 Å². The maximum atomic E-state index is 11.1. The molecule has 1 aliphatic rings. The minimum Gasteiger partial charge on any atom is -0.477 e. The van der Waals surface area contributed by atoms with Gasteiger partial charge in [0, 0.05) is 16.5 Å². The Morgan fingerprint density at radius 1 is 1.30 bits per heavy atom. The summed E-state index contributed by atoms with van der Waals surface area (Å²) in [6, 6.07) is 5.60. The van der Waals surface area contributed by atoms with Gasteiger partial charge < -0.3 is 20.7 Å². The Balaban J connectivity index is 1.97. The Hall–Kier alpha value is -1.72. The van der Waals surface area contributed by atoms with Crippen molar-refractivity contribution in [2.75, 3.05) is 18.4 Å². The molecule has 0 atom stereocenters. The van der Waals surface area contributed by atoms with Gasteiger partial charge in [-0.3, -0.25) is 0 Å². The van der Waals surface area contributed by atoms with Gasteiger partial charge in [0.05, 0.1) is 11.2 Å². The first-order valence-electron chi connectivity index (χ1n) is 6.66. The van der Waals surface area contributed by atoms with Crippen LogP contribution < -0.4 is 10.6 Å². The van der Waals surface area contributed by atoms with Crippen molar-refractivity contribution in [2.24, 2.45) is 0 Å². The quantitative estimate of drug-likeness (QED) is 0.702. The van der Waals surface area contributed by atoms with E-state index in [-0.39, 0.29) is 5.69 Å². The number of anilines is 1. The highest BCUT2D eigenvalue weighted by molar-refractivity contribution is 6.32. The zero-order valence-corrected chi connectivity index (χ0v) is 11.6. The smallest absolute Gasteiger partial charge is 0.352 e. The van der Waals surface area contributed by atoms with E-state index in [0.717, 1.165) is 42.5 Å². The standard InChI is InChI=1S/C14H16ClN3O2/c15-9-5-8-6-12(14(19)20)18-13(8)11(7-9)17-10-1-3-16-4-2-10/h5-7,10,16-18H,1-4H2,(H,19,20). The van der Waals surface area contributed by atoms with E-state index in [1.807, 2.05) is 6.07 Å². The van der Waals surface area contributed by atoms with Gasteiger partial charge in [-0.15, -0.1) is 0 Å². The van der Waals surface area contributed by atoms with E-state index in [9.17, 15) is 4.79 Å². The predicted molar refractivity (Wildman–Crippen MR) is 79.8 cm³/mol. The third kappa shape index (κ3) is 2.59. The van der Waals surface area contributed by atoms with Crippen LogP contribution in [0.15, 0.2) is 18.2 Å². The lowest BCUT2D eigenvalue weighted by Gasteiger charge is -2.25. The monoisotopic (exact) mass is 293 g/mol. The zero-order chi connectivity index (χ0) is 14.1. The van der Waals surface area contributed by atoms with E-state index in [4.69, 9.17) is 16.7 Å². The van der Waals surface area contributed by atoms with E-state index in [1.54, 1.807) is 12.1 Å². The first-order valence-corrected chi connectivity index (χ1v) is 7.04. The molecule has 5 nitrogen and oxygen atoms in total. The lowest BCUT2D eigenvalue weighted by Crippen LogP contribution is -2.35. The molecule has 0 radical (unpaired) electrons. The van der Waals surface area contributed by atoms with Crippen LogP contribution in [0.1, 0.15) is 23.3 Å². The molecule has 20 heavy (non-hydrogen) atoms. The summed E-state index contributed by atoms with van der Waals surface area (Å²) in [7, 11) is 0. The number of carboxylic acids is 1. The Kier molecular flexibility index (Phi) is 3.54. The van der Waals surface area contributed by atoms with Crippen LogP contribution in [0.4, 0.5) is 5.69 Å². The van der Waals surface area contributed by atoms with Crippen molar-refractivity contribution in [2.45, 2.75) is 18.9 Å². The lowest BCUT2D eigenvalue weighted by molar-refractivity contribution is 0.0691. The van der Waals surface area contributed by atoms with E-state index in [0.29, 0.717) is 11.1 Å². The molecular weight excluding hydrogens is 278 g/mol. The molecule has 0 bridgehead atoms. The molecule has 106 valence electrons. The molecule has 3 rings (SSSR count). The molecule has 0 spiro atoms. The van der Waals surface area contributed by atoms with Crippen molar-refractivity contribution < 1.29 is 9.90 Å². The number of hydrogen-bond donors (Lipinski definition) is 4. The van der Waals surface area contributed by atoms with E-state index >= 15 is 0 Å². The summed E-state index contributed by atoms with van der Waals surface area (Å²) in [5.41, 5.74) is 1.84. The number of benzene rings is 1. The maximum Gasteiger partial charge on any atom is 0.352 e. The molecule has 0 amide bonds. The van der Waals surface area contributed by atoms with Crippen molar-refractivity contribution in [1.82, 2.24) is 10.3 Å². The number of piperidine rings is 1. The molecule has 1 aromatic carbocycles. The van der Waals surface area contributed by atoms with Gasteiger partial charge >= 0.3 is 5.97 Å². The summed E-state index contributed by atoms with van der Waals surface area (Å²) < 4.78 is 0. The molecule has 4 N–H and O–H groups in total. The first kappa shape index (κ1) is 13.3. The molecule has 0 aliphatic carbocycles. The van der Waals surface area contributed by atoms with Crippen molar-refractivity contribution in [1.29, 1.82) is 0 Å². The molecule has 0 unspecified atom stereocenters. The van der Waals surface area contributed by atoms with Gasteiger partial charge in [-0.2, -0.15) is 0 Å². The summed E-state index contributed by atoms with van der Waals surface area (Å²) in [5, 5.41) is 17.3. The van der Waals surface area contributed by atoms with Crippen LogP contribution >= 0.6 is 11.6 Å². The van der Waals surface area contributed by atoms with Gasteiger partial charge in [0.15, 0.2) is 0 Å². The number of hydrogen-bond acceptors (Lipinski definition) is 3. The lowest BCUT2D eigenvalue weighted by atomic mass is 10.1. The van der Waals surface area contributed by atoms with E-state index < -0.39 is 5.97 Å². The van der Waals surface area contributed by atoms with Crippen molar-refractivity contribution in [3.05, 3.63) is 28.9 Å². The van der Waals surface area contributed by atoms with Crippen molar-refractivity contribution in [3.63, 3.8) is 0 Å². The number of nitrogens with one attached hydrogen (secondary N) is 3. The summed E-state index contributed by atoms with van der Waals surface area (Å²) >= 11 is 6.12.